The lowest BCUT2D eigenvalue weighted by molar-refractivity contribution is 0.0954. The van der Waals surface area contributed by atoms with Crippen LogP contribution in [-0.2, 0) is 0 Å². The molecule has 1 aromatic carbocycles. The van der Waals surface area contributed by atoms with Crippen LogP contribution in [0.15, 0.2) is 42.9 Å². The molecule has 1 aliphatic heterocycles. The molecule has 0 saturated carbocycles. The number of aromatic nitrogens is 3. The van der Waals surface area contributed by atoms with Crippen LogP contribution in [0.3, 0.4) is 0 Å². The number of hydrogen-bond acceptors (Lipinski definition) is 5. The van der Waals surface area contributed by atoms with Crippen molar-refractivity contribution in [2.24, 2.45) is 0 Å². The zero-order valence-corrected chi connectivity index (χ0v) is 17.6. The van der Waals surface area contributed by atoms with Crippen molar-refractivity contribution in [1.82, 2.24) is 14.8 Å². The lowest BCUT2D eigenvalue weighted by atomic mass is 10.1. The minimum Gasteiger partial charge on any atom is -0.495 e. The van der Waals surface area contributed by atoms with E-state index < -0.39 is 5.91 Å². The molecule has 10 heteroatoms. The number of nitrogens with zero attached hydrogens (tertiary/aromatic N) is 4. The maximum absolute atomic E-state index is 13.3. The lowest BCUT2D eigenvalue weighted by Crippen LogP contribution is -2.43. The quantitative estimate of drug-likeness (QED) is 0.653. The van der Waals surface area contributed by atoms with Crippen molar-refractivity contribution < 1.29 is 14.3 Å². The van der Waals surface area contributed by atoms with E-state index in [2.05, 4.69) is 15.4 Å². The van der Waals surface area contributed by atoms with Crippen LogP contribution in [0.5, 0.6) is 5.75 Å². The normalized spacial score (nSPS) is 15.7. The molecule has 2 amide bonds. The Bertz CT molecular complexity index is 1150. The second-order valence-electron chi connectivity index (χ2n) is 6.78. The third-order valence-corrected chi connectivity index (χ3v) is 5.52. The Hall–Kier alpha value is -3.10. The predicted molar refractivity (Wildman–Crippen MR) is 114 cm³/mol. The van der Waals surface area contributed by atoms with Gasteiger partial charge in [0, 0.05) is 18.4 Å². The number of ether oxygens (including phenoxy) is 1. The van der Waals surface area contributed by atoms with E-state index in [1.165, 1.54) is 25.7 Å². The van der Waals surface area contributed by atoms with E-state index in [-0.39, 0.29) is 17.6 Å². The first-order valence-electron chi connectivity index (χ1n) is 9.04. The van der Waals surface area contributed by atoms with E-state index in [0.29, 0.717) is 39.3 Å². The van der Waals surface area contributed by atoms with Gasteiger partial charge in [0.15, 0.2) is 5.69 Å². The number of benzene rings is 1. The van der Waals surface area contributed by atoms with Gasteiger partial charge in [-0.15, -0.1) is 0 Å². The van der Waals surface area contributed by atoms with Gasteiger partial charge < -0.3 is 15.0 Å². The zero-order valence-electron chi connectivity index (χ0n) is 16.1. The highest BCUT2D eigenvalue weighted by Gasteiger charge is 2.34. The van der Waals surface area contributed by atoms with E-state index in [1.54, 1.807) is 33.8 Å². The topological polar surface area (TPSA) is 89.3 Å². The number of nitrogens with one attached hydrogen (secondary N) is 1. The molecule has 2 aromatic heterocycles. The molecule has 0 fully saturated rings. The van der Waals surface area contributed by atoms with Gasteiger partial charge in [-0.2, -0.15) is 5.10 Å². The van der Waals surface area contributed by atoms with Gasteiger partial charge in [-0.3, -0.25) is 19.3 Å². The maximum atomic E-state index is 13.3. The molecule has 30 heavy (non-hydrogen) atoms. The van der Waals surface area contributed by atoms with Crippen molar-refractivity contribution >= 4 is 46.4 Å². The molecular formula is C20H17Cl2N5O3. The van der Waals surface area contributed by atoms with Crippen LogP contribution in [-0.4, -0.2) is 40.2 Å². The van der Waals surface area contributed by atoms with Crippen molar-refractivity contribution in [3.05, 3.63) is 64.2 Å². The predicted octanol–water partition coefficient (Wildman–Crippen LogP) is 4.07. The number of rotatable bonds is 4. The standard InChI is InChI=1S/C20H17Cl2N5O3/c1-11-10-26(13-3-4-15(21)16(22)6-13)20(29)18-17(9-24-27(11)18)25-19(28)12-5-14(30-2)8-23-7-12/h3-9,11H,10H2,1-2H3,(H,25,28)/t11-/m0/s1. The molecule has 4 rings (SSSR count). The van der Waals surface area contributed by atoms with Gasteiger partial charge in [0.05, 0.1) is 46.8 Å². The van der Waals surface area contributed by atoms with Gasteiger partial charge in [0.25, 0.3) is 11.8 Å². The summed E-state index contributed by atoms with van der Waals surface area (Å²) in [6.45, 7) is 2.34. The van der Waals surface area contributed by atoms with E-state index in [4.69, 9.17) is 27.9 Å². The highest BCUT2D eigenvalue weighted by Crippen LogP contribution is 2.33. The average Bonchev–Trinajstić information content (AvgIpc) is 3.17. The fourth-order valence-corrected chi connectivity index (χ4v) is 3.57. The van der Waals surface area contributed by atoms with Crippen molar-refractivity contribution in [3.8, 4) is 5.75 Å². The number of hydrogen-bond donors (Lipinski definition) is 1. The summed E-state index contributed by atoms with van der Waals surface area (Å²) >= 11 is 12.1. The Morgan fingerprint density at radius 2 is 2.00 bits per heavy atom. The summed E-state index contributed by atoms with van der Waals surface area (Å²) in [5.74, 6) is -0.275. The molecule has 0 aliphatic carbocycles. The third kappa shape index (κ3) is 3.59. The van der Waals surface area contributed by atoms with Gasteiger partial charge in [-0.25, -0.2) is 0 Å². The Kier molecular flexibility index (Phi) is 5.36. The molecule has 3 heterocycles. The molecule has 3 aromatic rings. The molecule has 0 radical (unpaired) electrons. The summed E-state index contributed by atoms with van der Waals surface area (Å²) in [6, 6.07) is 6.45. The van der Waals surface area contributed by atoms with Gasteiger partial charge in [0.1, 0.15) is 5.75 Å². The van der Waals surface area contributed by atoms with E-state index in [0.717, 1.165) is 0 Å². The van der Waals surface area contributed by atoms with E-state index >= 15 is 0 Å². The maximum Gasteiger partial charge on any atom is 0.278 e. The molecule has 8 nitrogen and oxygen atoms in total. The van der Waals surface area contributed by atoms with Crippen LogP contribution in [0.25, 0.3) is 0 Å². The fraction of sp³-hybridized carbons (Fsp3) is 0.200. The molecule has 154 valence electrons. The van der Waals surface area contributed by atoms with E-state index in [1.807, 2.05) is 6.92 Å². The van der Waals surface area contributed by atoms with Gasteiger partial charge in [-0.05, 0) is 31.2 Å². The molecule has 1 aliphatic rings. The largest absolute Gasteiger partial charge is 0.495 e. The van der Waals surface area contributed by atoms with Crippen LogP contribution in [0, 0.1) is 0 Å². The molecule has 1 atom stereocenters. The summed E-state index contributed by atoms with van der Waals surface area (Å²) in [7, 11) is 1.49. The summed E-state index contributed by atoms with van der Waals surface area (Å²) in [5, 5.41) is 7.80. The van der Waals surface area contributed by atoms with E-state index in [9.17, 15) is 9.59 Å². The fourth-order valence-electron chi connectivity index (χ4n) is 3.28. The summed E-state index contributed by atoms with van der Waals surface area (Å²) in [4.78, 5) is 31.5. The SMILES string of the molecule is COc1cncc(C(=O)Nc2cnn3c2C(=O)N(c2ccc(Cl)c(Cl)c2)C[C@@H]3C)c1. The number of carbonyl (C=O) groups excluding carboxylic acids is 2. The number of halogens is 2. The van der Waals surface area contributed by atoms with Crippen molar-refractivity contribution in [1.29, 1.82) is 0 Å². The van der Waals surface area contributed by atoms with Crippen molar-refractivity contribution in [3.63, 3.8) is 0 Å². The first-order valence-corrected chi connectivity index (χ1v) is 9.79. The number of anilines is 2. The monoisotopic (exact) mass is 445 g/mol. The highest BCUT2D eigenvalue weighted by atomic mass is 35.5. The van der Waals surface area contributed by atoms with Gasteiger partial charge in [-0.1, -0.05) is 23.2 Å². The average molecular weight is 446 g/mol. The zero-order chi connectivity index (χ0) is 21.4. The van der Waals surface area contributed by atoms with Crippen LogP contribution >= 0.6 is 23.2 Å². The van der Waals surface area contributed by atoms with Gasteiger partial charge in [0.2, 0.25) is 0 Å². The minimum atomic E-state index is -0.427. The second-order valence-corrected chi connectivity index (χ2v) is 7.60. The first kappa shape index (κ1) is 20.2. The van der Waals surface area contributed by atoms with Gasteiger partial charge >= 0.3 is 0 Å². The Balaban J connectivity index is 1.66. The summed E-state index contributed by atoms with van der Waals surface area (Å²) < 4.78 is 6.71. The number of methoxy groups -OCH3 is 1. The molecule has 0 spiro atoms. The molecular weight excluding hydrogens is 429 g/mol. The second kappa shape index (κ2) is 7.97. The van der Waals surface area contributed by atoms with Crippen LogP contribution < -0.4 is 15.0 Å². The Labute approximate surface area is 182 Å². The number of amides is 2. The van der Waals surface area contributed by atoms with Crippen molar-refractivity contribution in [2.75, 3.05) is 23.9 Å². The summed E-state index contributed by atoms with van der Waals surface area (Å²) in [5.41, 5.74) is 1.50. The Morgan fingerprint density at radius 3 is 2.73 bits per heavy atom. The van der Waals surface area contributed by atoms with Crippen molar-refractivity contribution in [2.45, 2.75) is 13.0 Å². The highest BCUT2D eigenvalue weighted by molar-refractivity contribution is 6.42. The number of pyridine rings is 1. The summed E-state index contributed by atoms with van der Waals surface area (Å²) in [6.07, 6.45) is 4.38. The smallest absolute Gasteiger partial charge is 0.278 e. The number of fused-ring (bicyclic) bond motifs is 1. The molecule has 0 bridgehead atoms. The minimum absolute atomic E-state index is 0.115. The first-order chi connectivity index (χ1) is 14.4. The number of carbonyl (C=O) groups is 2. The molecule has 0 saturated heterocycles. The molecule has 0 unspecified atom stereocenters. The lowest BCUT2D eigenvalue weighted by Gasteiger charge is -2.32. The molecule has 1 N–H and O–H groups in total. The third-order valence-electron chi connectivity index (χ3n) is 4.78. The Morgan fingerprint density at radius 1 is 1.20 bits per heavy atom. The van der Waals surface area contributed by atoms with Crippen LogP contribution in [0.1, 0.15) is 33.8 Å². The van der Waals surface area contributed by atoms with Crippen LogP contribution in [0.2, 0.25) is 10.0 Å². The van der Waals surface area contributed by atoms with Crippen LogP contribution in [0.4, 0.5) is 11.4 Å².